The molecule has 4 rings (SSSR count). The molecule has 0 spiro atoms. The highest BCUT2D eigenvalue weighted by atomic mass is 16.5. The van der Waals surface area contributed by atoms with Crippen molar-refractivity contribution in [3.05, 3.63) is 84.1 Å². The lowest BCUT2D eigenvalue weighted by Gasteiger charge is -2.16. The molecule has 0 aliphatic heterocycles. The molecule has 13 heteroatoms. The number of nitrogens with one attached hydrogen (secondary N) is 2. The number of aromatic nitrogens is 5. The number of hydrogen-bond donors (Lipinski definition) is 3. The van der Waals surface area contributed by atoms with Gasteiger partial charge in [-0.15, -0.1) is 10.2 Å². The first-order valence-electron chi connectivity index (χ1n) is 15.3. The molecule has 0 saturated heterocycles. The SMILES string of the molecule is C[C@H](NC(=O)c1cccc(NCc2nnc(-c3ccncn3)n2C)c1)c1cccc(OCCCCCOCCCOCC(=O)O)c1. The average Bonchev–Trinajstić information content (AvgIpc) is 3.44. The van der Waals surface area contributed by atoms with E-state index in [9.17, 15) is 9.59 Å². The van der Waals surface area contributed by atoms with Crippen molar-refractivity contribution in [1.82, 2.24) is 30.0 Å². The maximum absolute atomic E-state index is 13.1. The second-order valence-electron chi connectivity index (χ2n) is 10.6. The van der Waals surface area contributed by atoms with E-state index in [-0.39, 0.29) is 18.6 Å². The molecule has 13 nitrogen and oxygen atoms in total. The lowest BCUT2D eigenvalue weighted by atomic mass is 10.1. The van der Waals surface area contributed by atoms with Gasteiger partial charge in [0, 0.05) is 44.3 Å². The number of carboxylic acid groups (broad SMARTS) is 1. The van der Waals surface area contributed by atoms with Crippen LogP contribution in [0.15, 0.2) is 67.1 Å². The van der Waals surface area contributed by atoms with Crippen molar-refractivity contribution in [2.24, 2.45) is 7.05 Å². The van der Waals surface area contributed by atoms with E-state index in [1.165, 1.54) is 6.33 Å². The second kappa shape index (κ2) is 18.2. The summed E-state index contributed by atoms with van der Waals surface area (Å²) < 4.78 is 18.3. The molecule has 2 heterocycles. The number of carboxylic acids is 1. The minimum atomic E-state index is -0.964. The molecule has 2 aromatic carbocycles. The Kier molecular flexibility index (Phi) is 13.4. The molecular weight excluding hydrogens is 590 g/mol. The third-order valence-electron chi connectivity index (χ3n) is 7.06. The van der Waals surface area contributed by atoms with Gasteiger partial charge < -0.3 is 34.5 Å². The summed E-state index contributed by atoms with van der Waals surface area (Å²) in [4.78, 5) is 31.7. The highest BCUT2D eigenvalue weighted by molar-refractivity contribution is 5.95. The fraction of sp³-hybridized carbons (Fsp3) is 0.394. The van der Waals surface area contributed by atoms with Crippen LogP contribution in [-0.4, -0.2) is 74.7 Å². The zero-order valence-electron chi connectivity index (χ0n) is 26.2. The molecular formula is C33H41N7O6. The van der Waals surface area contributed by atoms with Crippen LogP contribution in [0.2, 0.25) is 0 Å². The fourth-order valence-electron chi connectivity index (χ4n) is 4.55. The van der Waals surface area contributed by atoms with Crippen molar-refractivity contribution in [2.75, 3.05) is 38.4 Å². The zero-order chi connectivity index (χ0) is 32.6. The normalized spacial score (nSPS) is 11.6. The van der Waals surface area contributed by atoms with Crippen LogP contribution in [0.5, 0.6) is 5.75 Å². The summed E-state index contributed by atoms with van der Waals surface area (Å²) in [6, 6.07) is 16.7. The third-order valence-corrected chi connectivity index (χ3v) is 7.06. The van der Waals surface area contributed by atoms with Gasteiger partial charge >= 0.3 is 5.97 Å². The predicted molar refractivity (Wildman–Crippen MR) is 171 cm³/mol. The third kappa shape index (κ3) is 10.9. The summed E-state index contributed by atoms with van der Waals surface area (Å²) >= 11 is 0. The Labute approximate surface area is 268 Å². The number of rotatable bonds is 20. The number of amides is 1. The molecule has 0 aliphatic rings. The molecule has 0 unspecified atom stereocenters. The number of aliphatic carboxylic acids is 1. The Morgan fingerprint density at radius 1 is 0.935 bits per heavy atom. The molecule has 3 N–H and O–H groups in total. The Morgan fingerprint density at radius 3 is 2.57 bits per heavy atom. The van der Waals surface area contributed by atoms with Crippen LogP contribution in [0.4, 0.5) is 5.69 Å². The van der Waals surface area contributed by atoms with Crippen LogP contribution in [0, 0.1) is 0 Å². The summed E-state index contributed by atoms with van der Waals surface area (Å²) in [5.41, 5.74) is 2.97. The summed E-state index contributed by atoms with van der Waals surface area (Å²) in [6.45, 7) is 4.26. The van der Waals surface area contributed by atoms with Crippen molar-refractivity contribution >= 4 is 17.6 Å². The summed E-state index contributed by atoms with van der Waals surface area (Å²) in [5, 5.41) is 23.5. The van der Waals surface area contributed by atoms with E-state index in [2.05, 4.69) is 30.8 Å². The van der Waals surface area contributed by atoms with Gasteiger partial charge in [-0.1, -0.05) is 18.2 Å². The first-order chi connectivity index (χ1) is 22.4. The van der Waals surface area contributed by atoms with E-state index in [1.807, 2.05) is 61.0 Å². The molecule has 0 saturated carbocycles. The zero-order valence-corrected chi connectivity index (χ0v) is 26.2. The summed E-state index contributed by atoms with van der Waals surface area (Å²) in [6.07, 6.45) is 6.60. The van der Waals surface area contributed by atoms with Crippen molar-refractivity contribution in [3.8, 4) is 17.3 Å². The van der Waals surface area contributed by atoms with E-state index >= 15 is 0 Å². The molecule has 46 heavy (non-hydrogen) atoms. The maximum atomic E-state index is 13.1. The van der Waals surface area contributed by atoms with Crippen LogP contribution in [-0.2, 0) is 27.9 Å². The maximum Gasteiger partial charge on any atom is 0.329 e. The molecule has 0 aliphatic carbocycles. The fourth-order valence-corrected chi connectivity index (χ4v) is 4.55. The number of carbonyl (C=O) groups is 2. The molecule has 1 atom stereocenters. The van der Waals surface area contributed by atoms with E-state index in [4.69, 9.17) is 19.3 Å². The van der Waals surface area contributed by atoms with Crippen LogP contribution in [0.25, 0.3) is 11.5 Å². The van der Waals surface area contributed by atoms with Crippen molar-refractivity contribution in [3.63, 3.8) is 0 Å². The minimum Gasteiger partial charge on any atom is -0.494 e. The van der Waals surface area contributed by atoms with E-state index in [1.54, 1.807) is 18.3 Å². The number of hydrogen-bond acceptors (Lipinski definition) is 10. The average molecular weight is 632 g/mol. The van der Waals surface area contributed by atoms with E-state index in [0.717, 1.165) is 42.1 Å². The van der Waals surface area contributed by atoms with Gasteiger partial charge in [-0.05, 0) is 74.6 Å². The van der Waals surface area contributed by atoms with Gasteiger partial charge in [-0.25, -0.2) is 14.8 Å². The topological polar surface area (TPSA) is 163 Å². The van der Waals surface area contributed by atoms with Gasteiger partial charge in [0.25, 0.3) is 5.91 Å². The minimum absolute atomic E-state index is 0.179. The standard InChI is InChI=1S/C33H41N7O6/c1-24(25-9-7-12-28(20-25)46-18-5-3-4-15-44-16-8-17-45-22-31(41)42)37-33(43)26-10-6-11-27(19-26)35-21-30-38-39-32(40(30)2)29-13-14-34-23-36-29/h6-7,9-14,19-20,23-24,35H,3-5,8,15-18,21-22H2,1-2H3,(H,37,43)(H,41,42)/t24-/m0/s1. The Morgan fingerprint density at radius 2 is 1.74 bits per heavy atom. The van der Waals surface area contributed by atoms with Crippen LogP contribution >= 0.6 is 0 Å². The largest absolute Gasteiger partial charge is 0.494 e. The van der Waals surface area contributed by atoms with Crippen LogP contribution in [0.3, 0.4) is 0 Å². The van der Waals surface area contributed by atoms with E-state index < -0.39 is 5.97 Å². The lowest BCUT2D eigenvalue weighted by molar-refractivity contribution is -0.142. The molecule has 244 valence electrons. The second-order valence-corrected chi connectivity index (χ2v) is 10.6. The number of benzene rings is 2. The monoisotopic (exact) mass is 631 g/mol. The quantitative estimate of drug-likeness (QED) is 0.118. The molecule has 0 fully saturated rings. The van der Waals surface area contributed by atoms with Crippen molar-refractivity contribution in [1.29, 1.82) is 0 Å². The Bertz CT molecular complexity index is 1530. The predicted octanol–water partition coefficient (Wildman–Crippen LogP) is 4.43. The Balaban J connectivity index is 1.17. The first-order valence-corrected chi connectivity index (χ1v) is 15.3. The van der Waals surface area contributed by atoms with Gasteiger partial charge in [-0.2, -0.15) is 0 Å². The highest BCUT2D eigenvalue weighted by Crippen LogP contribution is 2.21. The van der Waals surface area contributed by atoms with Gasteiger partial charge in [0.15, 0.2) is 11.6 Å². The summed E-state index contributed by atoms with van der Waals surface area (Å²) in [5.74, 6) is 0.987. The van der Waals surface area contributed by atoms with Crippen LogP contribution in [0.1, 0.15) is 60.4 Å². The number of anilines is 1. The van der Waals surface area contributed by atoms with Gasteiger partial charge in [-0.3, -0.25) is 4.79 Å². The highest BCUT2D eigenvalue weighted by Gasteiger charge is 2.14. The van der Waals surface area contributed by atoms with Crippen LogP contribution < -0.4 is 15.4 Å². The molecule has 1 amide bonds. The van der Waals surface area contributed by atoms with E-state index in [0.29, 0.717) is 56.5 Å². The van der Waals surface area contributed by atoms with Crippen molar-refractivity contribution in [2.45, 2.75) is 45.2 Å². The lowest BCUT2D eigenvalue weighted by Crippen LogP contribution is -2.26. The van der Waals surface area contributed by atoms with Gasteiger partial charge in [0.1, 0.15) is 24.4 Å². The smallest absolute Gasteiger partial charge is 0.329 e. The molecule has 0 bridgehead atoms. The number of unbranched alkanes of at least 4 members (excludes halogenated alkanes) is 2. The summed E-state index contributed by atoms with van der Waals surface area (Å²) in [7, 11) is 1.88. The molecule has 2 aromatic heterocycles. The number of carbonyl (C=O) groups excluding carboxylic acids is 1. The molecule has 0 radical (unpaired) electrons. The van der Waals surface area contributed by atoms with Gasteiger partial charge in [0.2, 0.25) is 0 Å². The van der Waals surface area contributed by atoms with Crippen molar-refractivity contribution < 1.29 is 28.9 Å². The number of nitrogens with zero attached hydrogens (tertiary/aromatic N) is 5. The Hall–Kier alpha value is -4.88. The number of ether oxygens (including phenoxy) is 3. The first kappa shape index (κ1) is 34.0. The van der Waals surface area contributed by atoms with Gasteiger partial charge in [0.05, 0.1) is 19.2 Å². The molecule has 4 aromatic rings.